The number of hydrogen-bond acceptors (Lipinski definition) is 4. The van der Waals surface area contributed by atoms with Gasteiger partial charge in [-0.1, -0.05) is 6.07 Å². The second-order valence-electron chi connectivity index (χ2n) is 6.93. The first kappa shape index (κ1) is 18.9. The number of anilines is 1. The van der Waals surface area contributed by atoms with Gasteiger partial charge in [0, 0.05) is 43.0 Å². The van der Waals surface area contributed by atoms with E-state index < -0.39 is 0 Å². The van der Waals surface area contributed by atoms with Gasteiger partial charge in [0.05, 0.1) is 6.61 Å². The maximum Gasteiger partial charge on any atom is 0.253 e. The van der Waals surface area contributed by atoms with Gasteiger partial charge in [0.25, 0.3) is 5.91 Å². The Hall–Kier alpha value is -2.89. The van der Waals surface area contributed by atoms with E-state index in [-0.39, 0.29) is 11.8 Å². The lowest BCUT2D eigenvalue weighted by Gasteiger charge is -2.32. The standard InChI is InChI=1S/C21H25N3O3/c1-15-4-3-11-22-20(15)27-14-17-9-12-24(13-10-17)21(26)18-5-7-19(8-6-18)23-16(2)25/h3-8,11,17H,9-10,12-14H2,1-2H3,(H,23,25). The van der Waals surface area contributed by atoms with Crippen LogP contribution in [0.1, 0.15) is 35.7 Å². The molecule has 1 fully saturated rings. The number of hydrogen-bond donors (Lipinski definition) is 1. The van der Waals surface area contributed by atoms with Crippen LogP contribution in [0.4, 0.5) is 5.69 Å². The van der Waals surface area contributed by atoms with Crippen LogP contribution in [-0.2, 0) is 4.79 Å². The highest BCUT2D eigenvalue weighted by Crippen LogP contribution is 2.22. The average Bonchev–Trinajstić information content (AvgIpc) is 2.67. The molecule has 0 saturated carbocycles. The Morgan fingerprint density at radius 3 is 2.52 bits per heavy atom. The van der Waals surface area contributed by atoms with Crippen molar-refractivity contribution in [1.82, 2.24) is 9.88 Å². The fourth-order valence-corrected chi connectivity index (χ4v) is 3.20. The van der Waals surface area contributed by atoms with E-state index in [2.05, 4.69) is 10.3 Å². The number of nitrogens with one attached hydrogen (secondary N) is 1. The Kier molecular flexibility index (Phi) is 6.06. The van der Waals surface area contributed by atoms with Gasteiger partial charge in [-0.25, -0.2) is 4.98 Å². The van der Waals surface area contributed by atoms with E-state index in [1.54, 1.807) is 30.5 Å². The van der Waals surface area contributed by atoms with E-state index >= 15 is 0 Å². The molecule has 1 saturated heterocycles. The molecule has 1 aliphatic rings. The Morgan fingerprint density at radius 2 is 1.89 bits per heavy atom. The van der Waals surface area contributed by atoms with Gasteiger partial charge >= 0.3 is 0 Å². The summed E-state index contributed by atoms with van der Waals surface area (Å²) in [5, 5.41) is 2.70. The molecule has 2 aromatic rings. The van der Waals surface area contributed by atoms with Crippen molar-refractivity contribution in [2.45, 2.75) is 26.7 Å². The zero-order valence-corrected chi connectivity index (χ0v) is 15.8. The predicted octanol–water partition coefficient (Wildman–Crippen LogP) is 3.28. The van der Waals surface area contributed by atoms with Crippen molar-refractivity contribution in [3.05, 3.63) is 53.7 Å². The van der Waals surface area contributed by atoms with E-state index in [1.807, 2.05) is 24.0 Å². The first-order chi connectivity index (χ1) is 13.0. The van der Waals surface area contributed by atoms with Crippen molar-refractivity contribution in [1.29, 1.82) is 0 Å². The number of piperidine rings is 1. The summed E-state index contributed by atoms with van der Waals surface area (Å²) < 4.78 is 5.85. The maximum atomic E-state index is 12.7. The zero-order chi connectivity index (χ0) is 19.2. The van der Waals surface area contributed by atoms with Gasteiger partial charge in [-0.2, -0.15) is 0 Å². The third-order valence-corrected chi connectivity index (χ3v) is 4.77. The van der Waals surface area contributed by atoms with Crippen LogP contribution in [0, 0.1) is 12.8 Å². The fourth-order valence-electron chi connectivity index (χ4n) is 3.20. The maximum absolute atomic E-state index is 12.7. The summed E-state index contributed by atoms with van der Waals surface area (Å²) in [7, 11) is 0. The number of amides is 2. The number of carbonyl (C=O) groups is 2. The topological polar surface area (TPSA) is 71.5 Å². The number of ether oxygens (including phenoxy) is 1. The smallest absolute Gasteiger partial charge is 0.253 e. The lowest BCUT2D eigenvalue weighted by molar-refractivity contribution is -0.114. The van der Waals surface area contributed by atoms with Crippen molar-refractivity contribution in [3.63, 3.8) is 0 Å². The Labute approximate surface area is 159 Å². The van der Waals surface area contributed by atoms with Crippen molar-refractivity contribution < 1.29 is 14.3 Å². The summed E-state index contributed by atoms with van der Waals surface area (Å²) >= 11 is 0. The quantitative estimate of drug-likeness (QED) is 0.880. The number of aromatic nitrogens is 1. The van der Waals surface area contributed by atoms with Crippen LogP contribution in [0.3, 0.4) is 0 Å². The van der Waals surface area contributed by atoms with Crippen molar-refractivity contribution in [2.24, 2.45) is 5.92 Å². The molecule has 0 atom stereocenters. The molecule has 0 bridgehead atoms. The minimum absolute atomic E-state index is 0.0318. The molecule has 3 rings (SSSR count). The summed E-state index contributed by atoms with van der Waals surface area (Å²) in [6.07, 6.45) is 3.57. The Bertz CT molecular complexity index is 797. The first-order valence-electron chi connectivity index (χ1n) is 9.24. The second kappa shape index (κ2) is 8.66. The SMILES string of the molecule is CC(=O)Nc1ccc(C(=O)N2CCC(COc3ncccc3C)CC2)cc1. The lowest BCUT2D eigenvalue weighted by Crippen LogP contribution is -2.39. The Balaban J connectivity index is 1.49. The average molecular weight is 367 g/mol. The van der Waals surface area contributed by atoms with Gasteiger partial charge in [0.2, 0.25) is 11.8 Å². The van der Waals surface area contributed by atoms with E-state index in [1.165, 1.54) is 6.92 Å². The van der Waals surface area contributed by atoms with E-state index in [9.17, 15) is 9.59 Å². The van der Waals surface area contributed by atoms with E-state index in [4.69, 9.17) is 4.74 Å². The highest BCUT2D eigenvalue weighted by molar-refractivity contribution is 5.95. The van der Waals surface area contributed by atoms with Crippen LogP contribution in [0.15, 0.2) is 42.6 Å². The molecule has 1 aliphatic heterocycles. The summed E-state index contributed by atoms with van der Waals surface area (Å²) in [5.41, 5.74) is 2.37. The molecule has 6 heteroatoms. The highest BCUT2D eigenvalue weighted by Gasteiger charge is 2.24. The van der Waals surface area contributed by atoms with Crippen molar-refractivity contribution >= 4 is 17.5 Å². The predicted molar refractivity (Wildman–Crippen MR) is 104 cm³/mol. The van der Waals surface area contributed by atoms with E-state index in [0.29, 0.717) is 29.7 Å². The van der Waals surface area contributed by atoms with Gasteiger partial charge in [-0.15, -0.1) is 0 Å². The lowest BCUT2D eigenvalue weighted by atomic mass is 9.97. The van der Waals surface area contributed by atoms with Gasteiger partial charge in [0.15, 0.2) is 0 Å². The number of rotatable bonds is 5. The molecular formula is C21H25N3O3. The van der Waals surface area contributed by atoms with E-state index in [0.717, 1.165) is 31.5 Å². The summed E-state index contributed by atoms with van der Waals surface area (Å²) in [5.74, 6) is 1.02. The first-order valence-corrected chi connectivity index (χ1v) is 9.24. The molecule has 142 valence electrons. The molecule has 2 heterocycles. The van der Waals surface area contributed by atoms with Crippen molar-refractivity contribution in [2.75, 3.05) is 25.0 Å². The Morgan fingerprint density at radius 1 is 1.19 bits per heavy atom. The van der Waals surface area contributed by atoms with Gasteiger partial charge in [-0.05, 0) is 56.0 Å². The van der Waals surface area contributed by atoms with Crippen LogP contribution in [0.25, 0.3) is 0 Å². The largest absolute Gasteiger partial charge is 0.477 e. The van der Waals surface area contributed by atoms with Crippen molar-refractivity contribution in [3.8, 4) is 5.88 Å². The monoisotopic (exact) mass is 367 g/mol. The van der Waals surface area contributed by atoms with Crippen LogP contribution < -0.4 is 10.1 Å². The van der Waals surface area contributed by atoms with Gasteiger partial charge in [-0.3, -0.25) is 9.59 Å². The molecule has 0 aliphatic carbocycles. The molecule has 0 unspecified atom stereocenters. The highest BCUT2D eigenvalue weighted by atomic mass is 16.5. The molecule has 1 aromatic heterocycles. The molecule has 1 aromatic carbocycles. The molecule has 27 heavy (non-hydrogen) atoms. The number of carbonyl (C=O) groups excluding carboxylic acids is 2. The third-order valence-electron chi connectivity index (χ3n) is 4.77. The van der Waals surface area contributed by atoms with Gasteiger partial charge < -0.3 is 15.0 Å². The zero-order valence-electron chi connectivity index (χ0n) is 15.8. The number of benzene rings is 1. The second-order valence-corrected chi connectivity index (χ2v) is 6.93. The number of pyridine rings is 1. The number of likely N-dealkylation sites (tertiary alicyclic amines) is 1. The van der Waals surface area contributed by atoms with Crippen LogP contribution in [-0.4, -0.2) is 41.4 Å². The fraction of sp³-hybridized carbons (Fsp3) is 0.381. The molecule has 0 spiro atoms. The van der Waals surface area contributed by atoms with Gasteiger partial charge in [0.1, 0.15) is 0 Å². The minimum atomic E-state index is -0.126. The minimum Gasteiger partial charge on any atom is -0.477 e. The molecule has 6 nitrogen and oxygen atoms in total. The van der Waals surface area contributed by atoms with Crippen LogP contribution >= 0.6 is 0 Å². The summed E-state index contributed by atoms with van der Waals surface area (Å²) in [6.45, 7) is 5.53. The molecule has 2 amide bonds. The van der Waals surface area contributed by atoms with Crippen LogP contribution in [0.5, 0.6) is 5.88 Å². The van der Waals surface area contributed by atoms with Crippen LogP contribution in [0.2, 0.25) is 0 Å². The number of nitrogens with zero attached hydrogens (tertiary/aromatic N) is 2. The molecule has 0 radical (unpaired) electrons. The molecular weight excluding hydrogens is 342 g/mol. The summed E-state index contributed by atoms with van der Waals surface area (Å²) in [4.78, 5) is 29.9. The molecule has 1 N–H and O–H groups in total. The third kappa shape index (κ3) is 5.06. The number of aryl methyl sites for hydroxylation is 1. The normalized spacial score (nSPS) is 14.7. The summed E-state index contributed by atoms with van der Waals surface area (Å²) in [6, 6.07) is 10.9.